The molecule has 6 heteroatoms. The van der Waals surface area contributed by atoms with E-state index in [-0.39, 0.29) is 7.12 Å². The summed E-state index contributed by atoms with van der Waals surface area (Å²) in [4.78, 5) is 2.78. The van der Waals surface area contributed by atoms with Crippen LogP contribution in [0.25, 0.3) is 10.4 Å². The quantitative estimate of drug-likeness (QED) is 0.310. The van der Waals surface area contributed by atoms with Crippen molar-refractivity contribution in [3.05, 3.63) is 10.4 Å². The third-order valence-corrected chi connectivity index (χ3v) is 3.50. The van der Waals surface area contributed by atoms with Crippen LogP contribution in [0.1, 0.15) is 33.6 Å². The fraction of sp³-hybridized carbons (Fsp3) is 1.00. The van der Waals surface area contributed by atoms with Gasteiger partial charge in [0, 0.05) is 4.91 Å². The van der Waals surface area contributed by atoms with Crippen molar-refractivity contribution in [2.24, 2.45) is 5.11 Å². The molecule has 0 N–H and O–H groups in total. The standard InChI is InChI=1S/C9H16BN3O2/c1-8(2)9(3,6-12-13-11)15-10(14-8)7-4-5-7/h7H,4-6H2,1-3H3. The van der Waals surface area contributed by atoms with Gasteiger partial charge in [0.05, 0.1) is 17.7 Å². The maximum absolute atomic E-state index is 8.36. The Hall–Kier alpha value is -0.705. The molecule has 2 aliphatic rings. The molecular weight excluding hydrogens is 193 g/mol. The molecule has 0 spiro atoms. The van der Waals surface area contributed by atoms with Crippen molar-refractivity contribution >= 4 is 7.12 Å². The van der Waals surface area contributed by atoms with E-state index in [2.05, 4.69) is 10.0 Å². The van der Waals surface area contributed by atoms with Crippen LogP contribution in [0.2, 0.25) is 5.82 Å². The Morgan fingerprint density at radius 3 is 2.60 bits per heavy atom. The normalized spacial score (nSPS) is 33.9. The molecule has 0 radical (unpaired) electrons. The van der Waals surface area contributed by atoms with Gasteiger partial charge < -0.3 is 9.31 Å². The predicted molar refractivity (Wildman–Crippen MR) is 57.4 cm³/mol. The Kier molecular flexibility index (Phi) is 2.45. The summed E-state index contributed by atoms with van der Waals surface area (Å²) in [5, 5.41) is 3.61. The van der Waals surface area contributed by atoms with Crippen LogP contribution in [-0.4, -0.2) is 24.9 Å². The number of nitrogens with zero attached hydrogens (tertiary/aromatic N) is 3. The molecule has 1 aliphatic carbocycles. The van der Waals surface area contributed by atoms with Crippen molar-refractivity contribution in [1.29, 1.82) is 0 Å². The summed E-state index contributed by atoms with van der Waals surface area (Å²) >= 11 is 0. The first-order valence-electron chi connectivity index (χ1n) is 5.35. The van der Waals surface area contributed by atoms with E-state index < -0.39 is 11.2 Å². The Morgan fingerprint density at radius 1 is 1.40 bits per heavy atom. The Labute approximate surface area is 89.9 Å². The SMILES string of the molecule is CC1(C)OB(C2CC2)OC1(C)CN=[N+]=[N-]. The van der Waals surface area contributed by atoms with Crippen molar-refractivity contribution in [2.75, 3.05) is 6.54 Å². The summed E-state index contributed by atoms with van der Waals surface area (Å²) in [6, 6.07) is 0. The monoisotopic (exact) mass is 209 g/mol. The molecule has 0 aromatic rings. The average molecular weight is 209 g/mol. The van der Waals surface area contributed by atoms with E-state index in [1.54, 1.807) is 0 Å². The van der Waals surface area contributed by atoms with E-state index in [4.69, 9.17) is 14.8 Å². The summed E-state index contributed by atoms with van der Waals surface area (Å²) in [6.07, 6.45) is 2.36. The van der Waals surface area contributed by atoms with E-state index in [1.807, 2.05) is 20.8 Å². The lowest BCUT2D eigenvalue weighted by Gasteiger charge is -2.35. The van der Waals surface area contributed by atoms with Gasteiger partial charge in [0.25, 0.3) is 0 Å². The second-order valence-electron chi connectivity index (χ2n) is 5.07. The molecule has 1 aliphatic heterocycles. The van der Waals surface area contributed by atoms with E-state index in [0.717, 1.165) is 0 Å². The topological polar surface area (TPSA) is 67.2 Å². The van der Waals surface area contributed by atoms with Gasteiger partial charge in [-0.3, -0.25) is 0 Å². The molecule has 0 bridgehead atoms. The predicted octanol–water partition coefficient (Wildman–Crippen LogP) is 2.53. The highest BCUT2D eigenvalue weighted by atomic mass is 16.7. The molecule has 82 valence electrons. The minimum absolute atomic E-state index is 0.112. The van der Waals surface area contributed by atoms with Gasteiger partial charge in [0.2, 0.25) is 0 Å². The van der Waals surface area contributed by atoms with Crippen molar-refractivity contribution in [1.82, 2.24) is 0 Å². The molecule has 2 fully saturated rings. The molecule has 1 unspecified atom stereocenters. The number of rotatable bonds is 3. The molecule has 1 saturated heterocycles. The zero-order valence-electron chi connectivity index (χ0n) is 9.43. The molecule has 2 rings (SSSR count). The molecule has 0 aromatic carbocycles. The fourth-order valence-electron chi connectivity index (χ4n) is 1.79. The van der Waals surface area contributed by atoms with E-state index in [0.29, 0.717) is 12.4 Å². The smallest absolute Gasteiger partial charge is 0.403 e. The summed E-state index contributed by atoms with van der Waals surface area (Å²) < 4.78 is 11.8. The lowest BCUT2D eigenvalue weighted by atomic mass is 9.82. The lowest BCUT2D eigenvalue weighted by molar-refractivity contribution is -0.00178. The summed E-state index contributed by atoms with van der Waals surface area (Å²) in [6.45, 7) is 6.24. The zero-order valence-corrected chi connectivity index (χ0v) is 9.43. The van der Waals surface area contributed by atoms with Gasteiger partial charge in [-0.05, 0) is 32.1 Å². The van der Waals surface area contributed by atoms with E-state index in [1.165, 1.54) is 12.8 Å². The van der Waals surface area contributed by atoms with E-state index in [9.17, 15) is 0 Å². The second kappa shape index (κ2) is 3.40. The van der Waals surface area contributed by atoms with Crippen molar-refractivity contribution in [3.63, 3.8) is 0 Å². The lowest BCUT2D eigenvalue weighted by Crippen LogP contribution is -2.47. The van der Waals surface area contributed by atoms with Crippen LogP contribution in [0.3, 0.4) is 0 Å². The maximum Gasteiger partial charge on any atom is 0.461 e. The van der Waals surface area contributed by atoms with Crippen molar-refractivity contribution in [3.8, 4) is 0 Å². The van der Waals surface area contributed by atoms with Crippen LogP contribution in [0, 0.1) is 0 Å². The molecule has 1 atom stereocenters. The molecule has 1 saturated carbocycles. The Bertz CT molecular complexity index is 312. The van der Waals surface area contributed by atoms with Crippen LogP contribution in [0.5, 0.6) is 0 Å². The highest BCUT2D eigenvalue weighted by Gasteiger charge is 2.57. The first kappa shape index (κ1) is 10.8. The molecule has 15 heavy (non-hydrogen) atoms. The van der Waals surface area contributed by atoms with Crippen molar-refractivity contribution in [2.45, 2.75) is 50.6 Å². The Balaban J connectivity index is 2.12. The minimum Gasteiger partial charge on any atom is -0.403 e. The second-order valence-corrected chi connectivity index (χ2v) is 5.07. The summed E-state index contributed by atoms with van der Waals surface area (Å²) in [5.74, 6) is 0.539. The number of azide groups is 1. The molecule has 0 aromatic heterocycles. The molecular formula is C9H16BN3O2. The zero-order chi connectivity index (χ0) is 11.1. The van der Waals surface area contributed by atoms with Gasteiger partial charge in [-0.1, -0.05) is 18.0 Å². The third-order valence-electron chi connectivity index (χ3n) is 3.50. The Morgan fingerprint density at radius 2 is 2.07 bits per heavy atom. The van der Waals surface area contributed by atoms with Crippen LogP contribution in [0.4, 0.5) is 0 Å². The first-order valence-corrected chi connectivity index (χ1v) is 5.35. The molecule has 5 nitrogen and oxygen atoms in total. The van der Waals surface area contributed by atoms with E-state index >= 15 is 0 Å². The van der Waals surface area contributed by atoms with Crippen LogP contribution in [0.15, 0.2) is 5.11 Å². The van der Waals surface area contributed by atoms with Gasteiger partial charge in [-0.25, -0.2) is 0 Å². The summed E-state index contributed by atoms with van der Waals surface area (Å²) in [5.41, 5.74) is 7.46. The molecule has 1 heterocycles. The van der Waals surface area contributed by atoms with Gasteiger partial charge in [-0.2, -0.15) is 0 Å². The van der Waals surface area contributed by atoms with Gasteiger partial charge >= 0.3 is 7.12 Å². The maximum atomic E-state index is 8.36. The van der Waals surface area contributed by atoms with Crippen LogP contribution >= 0.6 is 0 Å². The molecule has 0 amide bonds. The van der Waals surface area contributed by atoms with Gasteiger partial charge in [0.1, 0.15) is 0 Å². The number of hydrogen-bond donors (Lipinski definition) is 0. The first-order chi connectivity index (χ1) is 6.98. The van der Waals surface area contributed by atoms with Gasteiger partial charge in [0.15, 0.2) is 0 Å². The average Bonchev–Trinajstić information content (AvgIpc) is 2.93. The number of hydrogen-bond acceptors (Lipinski definition) is 3. The fourth-order valence-corrected chi connectivity index (χ4v) is 1.79. The van der Waals surface area contributed by atoms with Crippen LogP contribution in [-0.2, 0) is 9.31 Å². The highest BCUT2D eigenvalue weighted by molar-refractivity contribution is 6.48. The minimum atomic E-state index is -0.507. The largest absolute Gasteiger partial charge is 0.461 e. The van der Waals surface area contributed by atoms with Gasteiger partial charge in [-0.15, -0.1) is 0 Å². The summed E-state index contributed by atoms with van der Waals surface area (Å²) in [7, 11) is -0.112. The third kappa shape index (κ3) is 1.85. The van der Waals surface area contributed by atoms with Crippen molar-refractivity contribution < 1.29 is 9.31 Å². The van der Waals surface area contributed by atoms with Crippen LogP contribution < -0.4 is 0 Å². The highest BCUT2D eigenvalue weighted by Crippen LogP contribution is 2.48.